The Labute approximate surface area is 142 Å². The molecule has 0 aromatic heterocycles. The summed E-state index contributed by atoms with van der Waals surface area (Å²) in [4.78, 5) is 28.5. The predicted octanol–water partition coefficient (Wildman–Crippen LogP) is 1.78. The zero-order valence-corrected chi connectivity index (χ0v) is 14.1. The summed E-state index contributed by atoms with van der Waals surface area (Å²) in [6, 6.07) is 9.91. The molecule has 1 saturated carbocycles. The fourth-order valence-corrected chi connectivity index (χ4v) is 3.05. The zero-order chi connectivity index (χ0) is 16.9. The lowest BCUT2D eigenvalue weighted by molar-refractivity contribution is -0.127. The van der Waals surface area contributed by atoms with Crippen molar-refractivity contribution >= 4 is 12.0 Å². The van der Waals surface area contributed by atoms with Crippen molar-refractivity contribution in [2.24, 2.45) is 0 Å². The van der Waals surface area contributed by atoms with Gasteiger partial charge in [0.15, 0.2) is 0 Å². The summed E-state index contributed by atoms with van der Waals surface area (Å²) >= 11 is 0. The van der Waals surface area contributed by atoms with Crippen LogP contribution in [0, 0.1) is 0 Å². The summed E-state index contributed by atoms with van der Waals surface area (Å²) in [5.41, 5.74) is 1.00. The Bertz CT molecular complexity index is 566. The van der Waals surface area contributed by atoms with Crippen LogP contribution in [0.4, 0.5) is 4.79 Å². The minimum Gasteiger partial charge on any atom is -0.450 e. The number of rotatable bonds is 5. The Kier molecular flexibility index (Phi) is 5.35. The highest BCUT2D eigenvalue weighted by Gasteiger charge is 2.34. The van der Waals surface area contributed by atoms with Crippen molar-refractivity contribution in [1.29, 1.82) is 0 Å². The summed E-state index contributed by atoms with van der Waals surface area (Å²) in [5, 5.41) is 3.12. The Morgan fingerprint density at radius 2 is 1.83 bits per heavy atom. The van der Waals surface area contributed by atoms with E-state index in [4.69, 9.17) is 4.74 Å². The molecular weight excluding hydrogens is 306 g/mol. The molecule has 2 aliphatic rings. The number of nitrogens with zero attached hydrogens (tertiary/aromatic N) is 2. The van der Waals surface area contributed by atoms with Gasteiger partial charge in [-0.2, -0.15) is 0 Å². The lowest BCUT2D eigenvalue weighted by atomic mass is 10.0. The molecule has 1 atom stereocenters. The molecule has 1 aliphatic heterocycles. The molecule has 0 bridgehead atoms. The van der Waals surface area contributed by atoms with E-state index in [1.54, 1.807) is 4.90 Å². The Balaban J connectivity index is 1.67. The molecular formula is C18H25N3O3. The van der Waals surface area contributed by atoms with Crippen LogP contribution in [-0.2, 0) is 9.53 Å². The molecule has 1 N–H and O–H groups in total. The highest BCUT2D eigenvalue weighted by molar-refractivity contribution is 5.83. The largest absolute Gasteiger partial charge is 0.450 e. The number of hydrogen-bond acceptors (Lipinski definition) is 4. The van der Waals surface area contributed by atoms with E-state index in [0.717, 1.165) is 18.4 Å². The van der Waals surface area contributed by atoms with Gasteiger partial charge in [-0.15, -0.1) is 0 Å². The van der Waals surface area contributed by atoms with Crippen LogP contribution in [0.5, 0.6) is 0 Å². The van der Waals surface area contributed by atoms with E-state index >= 15 is 0 Å². The normalized spacial score (nSPS) is 19.6. The molecule has 24 heavy (non-hydrogen) atoms. The van der Waals surface area contributed by atoms with Gasteiger partial charge in [-0.05, 0) is 25.3 Å². The molecule has 0 spiro atoms. The zero-order valence-electron chi connectivity index (χ0n) is 14.1. The lowest BCUT2D eigenvalue weighted by Crippen LogP contribution is -2.52. The van der Waals surface area contributed by atoms with E-state index in [1.165, 1.54) is 0 Å². The van der Waals surface area contributed by atoms with Gasteiger partial charge in [-0.1, -0.05) is 30.3 Å². The molecule has 1 aromatic rings. The first-order valence-electron chi connectivity index (χ1n) is 8.70. The number of ether oxygens (including phenoxy) is 1. The maximum Gasteiger partial charge on any atom is 0.409 e. The average Bonchev–Trinajstić information content (AvgIpc) is 3.41. The van der Waals surface area contributed by atoms with E-state index < -0.39 is 0 Å². The van der Waals surface area contributed by atoms with Crippen LogP contribution in [0.2, 0.25) is 0 Å². The summed E-state index contributed by atoms with van der Waals surface area (Å²) in [5.74, 6) is 0.0632. The number of carbonyl (C=O) groups is 2. The van der Waals surface area contributed by atoms with Crippen molar-refractivity contribution < 1.29 is 14.3 Å². The second-order valence-corrected chi connectivity index (χ2v) is 6.32. The van der Waals surface area contributed by atoms with Gasteiger partial charge in [0.25, 0.3) is 0 Å². The molecule has 0 radical (unpaired) electrons. The monoisotopic (exact) mass is 331 g/mol. The Morgan fingerprint density at radius 3 is 2.42 bits per heavy atom. The van der Waals surface area contributed by atoms with Crippen LogP contribution in [0.25, 0.3) is 0 Å². The molecule has 2 fully saturated rings. The van der Waals surface area contributed by atoms with Gasteiger partial charge in [0.2, 0.25) is 5.91 Å². The highest BCUT2D eigenvalue weighted by atomic mass is 16.6. The maximum atomic E-state index is 12.8. The molecule has 1 heterocycles. The van der Waals surface area contributed by atoms with Crippen molar-refractivity contribution in [1.82, 2.24) is 15.1 Å². The standard InChI is InChI=1S/C18H25N3O3/c1-2-24-18(23)21-12-10-20(11-13-21)16(14-6-4-3-5-7-14)17(22)19-15-8-9-15/h3-7,15-16H,2,8-13H2,1H3,(H,19,22). The number of piperazine rings is 1. The van der Waals surface area contributed by atoms with Gasteiger partial charge in [0, 0.05) is 32.2 Å². The summed E-state index contributed by atoms with van der Waals surface area (Å²) < 4.78 is 5.06. The molecule has 2 amide bonds. The fraction of sp³-hybridized carbons (Fsp3) is 0.556. The van der Waals surface area contributed by atoms with Gasteiger partial charge in [-0.25, -0.2) is 4.79 Å². The second kappa shape index (κ2) is 7.66. The molecule has 6 heteroatoms. The smallest absolute Gasteiger partial charge is 0.409 e. The van der Waals surface area contributed by atoms with Crippen LogP contribution in [0.1, 0.15) is 31.4 Å². The van der Waals surface area contributed by atoms with E-state index in [-0.39, 0.29) is 18.0 Å². The quantitative estimate of drug-likeness (QED) is 0.893. The summed E-state index contributed by atoms with van der Waals surface area (Å²) in [6.45, 7) is 4.68. The SMILES string of the molecule is CCOC(=O)N1CCN(C(C(=O)NC2CC2)c2ccccc2)CC1. The van der Waals surface area contributed by atoms with Crippen LogP contribution in [0.15, 0.2) is 30.3 Å². The highest BCUT2D eigenvalue weighted by Crippen LogP contribution is 2.26. The first-order chi connectivity index (χ1) is 11.7. The van der Waals surface area contributed by atoms with Crippen molar-refractivity contribution in [3.63, 3.8) is 0 Å². The van der Waals surface area contributed by atoms with Crippen LogP contribution in [0.3, 0.4) is 0 Å². The molecule has 1 aromatic carbocycles. The van der Waals surface area contributed by atoms with Gasteiger partial charge in [-0.3, -0.25) is 9.69 Å². The maximum absolute atomic E-state index is 12.8. The summed E-state index contributed by atoms with van der Waals surface area (Å²) in [6.07, 6.45) is 1.88. The third kappa shape index (κ3) is 4.06. The molecule has 3 rings (SSSR count). The fourth-order valence-electron chi connectivity index (χ4n) is 3.05. The van der Waals surface area contributed by atoms with Crippen LogP contribution in [-0.4, -0.2) is 60.6 Å². The van der Waals surface area contributed by atoms with Gasteiger partial charge in [0.1, 0.15) is 6.04 Å². The van der Waals surface area contributed by atoms with Crippen LogP contribution < -0.4 is 5.32 Å². The average molecular weight is 331 g/mol. The lowest BCUT2D eigenvalue weighted by Gasteiger charge is -2.38. The van der Waals surface area contributed by atoms with Crippen molar-refractivity contribution in [3.05, 3.63) is 35.9 Å². The Hall–Kier alpha value is -2.08. The van der Waals surface area contributed by atoms with Crippen LogP contribution >= 0.6 is 0 Å². The third-order valence-electron chi connectivity index (χ3n) is 4.49. The number of nitrogens with one attached hydrogen (secondary N) is 1. The minimum absolute atomic E-state index is 0.0632. The van der Waals surface area contributed by atoms with E-state index in [2.05, 4.69) is 10.2 Å². The molecule has 1 aliphatic carbocycles. The summed E-state index contributed by atoms with van der Waals surface area (Å²) in [7, 11) is 0. The number of amides is 2. The third-order valence-corrected chi connectivity index (χ3v) is 4.49. The number of benzene rings is 1. The van der Waals surface area contributed by atoms with Crippen molar-refractivity contribution in [3.8, 4) is 0 Å². The van der Waals surface area contributed by atoms with E-state index in [9.17, 15) is 9.59 Å². The van der Waals surface area contributed by atoms with Crippen molar-refractivity contribution in [2.75, 3.05) is 32.8 Å². The molecule has 130 valence electrons. The topological polar surface area (TPSA) is 61.9 Å². The molecule has 1 unspecified atom stereocenters. The first-order valence-corrected chi connectivity index (χ1v) is 8.70. The minimum atomic E-state index is -0.295. The predicted molar refractivity (Wildman–Crippen MR) is 90.5 cm³/mol. The van der Waals surface area contributed by atoms with Gasteiger partial charge in [0.05, 0.1) is 6.61 Å². The van der Waals surface area contributed by atoms with Crippen molar-refractivity contribution in [2.45, 2.75) is 31.8 Å². The first kappa shape index (κ1) is 16.8. The second-order valence-electron chi connectivity index (χ2n) is 6.32. The van der Waals surface area contributed by atoms with Gasteiger partial charge < -0.3 is 15.0 Å². The Morgan fingerprint density at radius 1 is 1.17 bits per heavy atom. The van der Waals surface area contributed by atoms with E-state index in [0.29, 0.717) is 38.8 Å². The number of carbonyl (C=O) groups excluding carboxylic acids is 2. The van der Waals surface area contributed by atoms with E-state index in [1.807, 2.05) is 37.3 Å². The van der Waals surface area contributed by atoms with Gasteiger partial charge >= 0.3 is 6.09 Å². The molecule has 1 saturated heterocycles. The molecule has 6 nitrogen and oxygen atoms in total. The number of hydrogen-bond donors (Lipinski definition) is 1.